The van der Waals surface area contributed by atoms with Crippen LogP contribution in [0.15, 0.2) is 24.3 Å². The molecular weight excluding hydrogens is 390 g/mol. The first-order valence-electron chi connectivity index (χ1n) is 10.2. The van der Waals surface area contributed by atoms with Crippen LogP contribution in [-0.4, -0.2) is 57.7 Å². The zero-order valence-corrected chi connectivity index (χ0v) is 17.7. The van der Waals surface area contributed by atoms with E-state index in [1.54, 1.807) is 0 Å². The molecule has 9 nitrogen and oxygen atoms in total. The zero-order chi connectivity index (χ0) is 21.3. The lowest BCUT2D eigenvalue weighted by atomic mass is 9.98. The van der Waals surface area contributed by atoms with Gasteiger partial charge in [0.1, 0.15) is 24.1 Å². The van der Waals surface area contributed by atoms with Crippen molar-refractivity contribution in [3.05, 3.63) is 30.1 Å². The first-order valence-corrected chi connectivity index (χ1v) is 10.2. The summed E-state index contributed by atoms with van der Waals surface area (Å²) in [5, 5.41) is 2.93. The summed E-state index contributed by atoms with van der Waals surface area (Å²) >= 11 is 0. The molecule has 0 radical (unpaired) electrons. The number of para-hydroxylation sites is 2. The van der Waals surface area contributed by atoms with Crippen molar-refractivity contribution in [3.8, 4) is 0 Å². The van der Waals surface area contributed by atoms with Gasteiger partial charge < -0.3 is 33.6 Å². The molecule has 0 aliphatic carbocycles. The van der Waals surface area contributed by atoms with E-state index in [0.29, 0.717) is 0 Å². The van der Waals surface area contributed by atoms with Gasteiger partial charge in [0.05, 0.1) is 17.6 Å². The number of aromatic nitrogens is 2. The van der Waals surface area contributed by atoms with Gasteiger partial charge in [0, 0.05) is 7.05 Å². The first kappa shape index (κ1) is 19.9. The molecule has 3 aliphatic heterocycles. The van der Waals surface area contributed by atoms with Crippen molar-refractivity contribution in [2.24, 2.45) is 7.05 Å². The Morgan fingerprint density at radius 3 is 2.47 bits per heavy atom. The highest BCUT2D eigenvalue weighted by atomic mass is 16.9. The van der Waals surface area contributed by atoms with Crippen LogP contribution in [0, 0.1) is 0 Å². The Bertz CT molecular complexity index is 986. The van der Waals surface area contributed by atoms with Crippen LogP contribution in [0.25, 0.3) is 11.0 Å². The van der Waals surface area contributed by atoms with Crippen molar-refractivity contribution in [1.82, 2.24) is 14.9 Å². The van der Waals surface area contributed by atoms with Gasteiger partial charge >= 0.3 is 0 Å². The molecule has 0 bridgehead atoms. The Labute approximate surface area is 174 Å². The summed E-state index contributed by atoms with van der Waals surface area (Å²) in [5.74, 6) is -1.22. The molecule has 3 aliphatic rings. The fourth-order valence-electron chi connectivity index (χ4n) is 4.44. The highest BCUT2D eigenvalue weighted by Crippen LogP contribution is 2.44. The molecule has 5 unspecified atom stereocenters. The van der Waals surface area contributed by atoms with Gasteiger partial charge in [-0.05, 0) is 39.8 Å². The predicted octanol–water partition coefficient (Wildman–Crippen LogP) is 1.59. The Kier molecular flexibility index (Phi) is 4.46. The second-order valence-electron chi connectivity index (χ2n) is 8.88. The third-order valence-electron chi connectivity index (χ3n) is 5.71. The summed E-state index contributed by atoms with van der Waals surface area (Å²) in [7, 11) is 1.93. The van der Waals surface area contributed by atoms with Crippen molar-refractivity contribution >= 4 is 16.9 Å². The average molecular weight is 417 g/mol. The first-order chi connectivity index (χ1) is 14.1. The summed E-state index contributed by atoms with van der Waals surface area (Å²) in [6, 6.07) is 7.84. The molecular formula is C21H27N3O6. The highest BCUT2D eigenvalue weighted by molar-refractivity contribution is 5.82. The maximum Gasteiger partial charge on any atom is 0.252 e. The van der Waals surface area contributed by atoms with Gasteiger partial charge in [-0.1, -0.05) is 12.1 Å². The number of amides is 1. The summed E-state index contributed by atoms with van der Waals surface area (Å²) < 4.78 is 31.9. The van der Waals surface area contributed by atoms with Gasteiger partial charge in [-0.3, -0.25) is 4.79 Å². The van der Waals surface area contributed by atoms with Crippen molar-refractivity contribution in [2.75, 3.05) is 0 Å². The van der Waals surface area contributed by atoms with Crippen molar-refractivity contribution in [2.45, 2.75) is 76.5 Å². The number of rotatable bonds is 3. The van der Waals surface area contributed by atoms with Gasteiger partial charge in [-0.15, -0.1) is 0 Å². The number of ether oxygens (including phenoxy) is 5. The minimum absolute atomic E-state index is 0.266. The topological polar surface area (TPSA) is 93.1 Å². The second kappa shape index (κ2) is 6.73. The van der Waals surface area contributed by atoms with Crippen molar-refractivity contribution < 1.29 is 28.5 Å². The number of nitrogens with one attached hydrogen (secondary N) is 1. The van der Waals surface area contributed by atoms with Crippen LogP contribution >= 0.6 is 0 Å². The Hall–Kier alpha value is -2.04. The van der Waals surface area contributed by atoms with Crippen LogP contribution in [0.1, 0.15) is 33.5 Å². The molecule has 9 heteroatoms. The predicted molar refractivity (Wildman–Crippen MR) is 105 cm³/mol. The fraction of sp³-hybridized carbons (Fsp3) is 0.619. The number of carbonyl (C=O) groups excluding carboxylic acids is 1. The Morgan fingerprint density at radius 1 is 1.03 bits per heavy atom. The molecule has 1 aromatic carbocycles. The van der Waals surface area contributed by atoms with E-state index < -0.39 is 42.3 Å². The fourth-order valence-corrected chi connectivity index (χ4v) is 4.44. The monoisotopic (exact) mass is 417 g/mol. The van der Waals surface area contributed by atoms with Crippen molar-refractivity contribution in [3.63, 3.8) is 0 Å². The van der Waals surface area contributed by atoms with E-state index in [4.69, 9.17) is 23.7 Å². The van der Waals surface area contributed by atoms with E-state index in [0.717, 1.165) is 16.9 Å². The lowest BCUT2D eigenvalue weighted by molar-refractivity contribution is -0.231. The van der Waals surface area contributed by atoms with E-state index in [9.17, 15) is 4.79 Å². The van der Waals surface area contributed by atoms with Crippen LogP contribution in [0.2, 0.25) is 0 Å². The second-order valence-corrected chi connectivity index (χ2v) is 8.88. The molecule has 0 saturated carbocycles. The van der Waals surface area contributed by atoms with Gasteiger partial charge in [-0.25, -0.2) is 4.98 Å². The van der Waals surface area contributed by atoms with Gasteiger partial charge in [0.2, 0.25) is 0 Å². The molecule has 5 atom stereocenters. The van der Waals surface area contributed by atoms with E-state index in [1.807, 2.05) is 63.6 Å². The smallest absolute Gasteiger partial charge is 0.252 e. The average Bonchev–Trinajstić information content (AvgIpc) is 3.28. The SMILES string of the molecule is Cn1c(CNC(=O)C2OC3OC(C)(C)OC3C3OC(C)(C)OC23)nc2ccccc21. The molecule has 30 heavy (non-hydrogen) atoms. The molecule has 1 aromatic heterocycles. The third kappa shape index (κ3) is 3.30. The Morgan fingerprint density at radius 2 is 1.70 bits per heavy atom. The van der Waals surface area contributed by atoms with E-state index in [-0.39, 0.29) is 12.5 Å². The zero-order valence-electron chi connectivity index (χ0n) is 17.7. The number of aryl methyl sites for hydroxylation is 1. The van der Waals surface area contributed by atoms with Crippen LogP contribution < -0.4 is 5.32 Å². The van der Waals surface area contributed by atoms with Crippen LogP contribution in [0.3, 0.4) is 0 Å². The molecule has 3 fully saturated rings. The summed E-state index contributed by atoms with van der Waals surface area (Å²) in [5.41, 5.74) is 1.89. The normalized spacial score (nSPS) is 34.0. The number of carbonyl (C=O) groups is 1. The highest BCUT2D eigenvalue weighted by Gasteiger charge is 2.62. The molecule has 2 aromatic rings. The van der Waals surface area contributed by atoms with Gasteiger partial charge in [0.25, 0.3) is 5.91 Å². The quantitative estimate of drug-likeness (QED) is 0.811. The molecule has 5 rings (SSSR count). The van der Waals surface area contributed by atoms with Gasteiger partial charge in [-0.2, -0.15) is 0 Å². The standard InChI is InChI=1S/C21H27N3O6/c1-20(2)27-14-15(28-20)17-19(30-21(3,4)29-17)26-16(14)18(25)22-10-13-23-11-8-6-7-9-12(11)24(13)5/h6-9,14-17,19H,10H2,1-5H3,(H,22,25). The molecule has 3 saturated heterocycles. The number of imidazole rings is 1. The molecule has 1 amide bonds. The summed E-state index contributed by atoms with van der Waals surface area (Å²) in [6.45, 7) is 7.52. The number of nitrogens with zero attached hydrogens (tertiary/aromatic N) is 2. The van der Waals surface area contributed by atoms with Crippen molar-refractivity contribution in [1.29, 1.82) is 0 Å². The lowest BCUT2D eigenvalue weighted by Gasteiger charge is -2.36. The van der Waals surface area contributed by atoms with Gasteiger partial charge in [0.15, 0.2) is 24.0 Å². The van der Waals surface area contributed by atoms with Crippen LogP contribution in [0.5, 0.6) is 0 Å². The number of hydrogen-bond acceptors (Lipinski definition) is 7. The summed E-state index contributed by atoms with van der Waals surface area (Å²) in [4.78, 5) is 17.7. The van der Waals surface area contributed by atoms with E-state index in [2.05, 4.69) is 10.3 Å². The largest absolute Gasteiger partial charge is 0.347 e. The third-order valence-corrected chi connectivity index (χ3v) is 5.71. The maximum absolute atomic E-state index is 13.1. The minimum atomic E-state index is -0.884. The molecule has 0 spiro atoms. The minimum Gasteiger partial charge on any atom is -0.347 e. The van der Waals surface area contributed by atoms with Crippen LogP contribution in [0.4, 0.5) is 0 Å². The van der Waals surface area contributed by atoms with Crippen LogP contribution in [-0.2, 0) is 42.1 Å². The van der Waals surface area contributed by atoms with E-state index >= 15 is 0 Å². The maximum atomic E-state index is 13.1. The number of fused-ring (bicyclic) bond motifs is 4. The molecule has 4 heterocycles. The molecule has 1 N–H and O–H groups in total. The summed E-state index contributed by atoms with van der Waals surface area (Å²) in [6.07, 6.45) is -3.11. The number of benzene rings is 1. The number of hydrogen-bond donors (Lipinski definition) is 1. The molecule has 162 valence electrons. The lowest BCUT2D eigenvalue weighted by Crippen LogP contribution is -2.59. The Balaban J connectivity index is 1.35. The van der Waals surface area contributed by atoms with E-state index in [1.165, 1.54) is 0 Å².